The smallest absolute Gasteiger partial charge is 0.257 e. The zero-order valence-corrected chi connectivity index (χ0v) is 12.1. The largest absolute Gasteiger partial charge is 0.480 e. The average molecular weight is 304 g/mol. The van der Waals surface area contributed by atoms with Crippen molar-refractivity contribution in [1.29, 1.82) is 0 Å². The van der Waals surface area contributed by atoms with E-state index in [0.717, 1.165) is 12.8 Å². The summed E-state index contributed by atoms with van der Waals surface area (Å²) in [7, 11) is 1.46. The first-order valence-electron chi connectivity index (χ1n) is 6.99. The van der Waals surface area contributed by atoms with Gasteiger partial charge in [-0.15, -0.1) is 0 Å². The van der Waals surface area contributed by atoms with Crippen molar-refractivity contribution in [1.82, 2.24) is 20.4 Å². The van der Waals surface area contributed by atoms with Crippen LogP contribution < -0.4 is 10.1 Å². The lowest BCUT2D eigenvalue weighted by atomic mass is 10.2. The van der Waals surface area contributed by atoms with E-state index in [9.17, 15) is 4.79 Å². The second-order valence-electron chi connectivity index (χ2n) is 4.79. The number of rotatable bonds is 5. The third kappa shape index (κ3) is 3.06. The fourth-order valence-electron chi connectivity index (χ4n) is 2.22. The van der Waals surface area contributed by atoms with E-state index in [2.05, 4.69) is 20.4 Å². The number of hydrogen-bond donors (Lipinski definition) is 1. The summed E-state index contributed by atoms with van der Waals surface area (Å²) in [6.45, 7) is 0.868. The number of amides is 1. The molecule has 1 atom stereocenters. The van der Waals surface area contributed by atoms with Gasteiger partial charge in [-0.05, 0) is 25.0 Å². The summed E-state index contributed by atoms with van der Waals surface area (Å²) in [5.74, 6) is 0.823. The summed E-state index contributed by atoms with van der Waals surface area (Å²) in [5.41, 5.74) is 0.354. The number of methoxy groups -OCH3 is 1. The Labute approximate surface area is 126 Å². The Morgan fingerprint density at radius 3 is 3.23 bits per heavy atom. The lowest BCUT2D eigenvalue weighted by Crippen LogP contribution is -2.24. The molecule has 1 amide bonds. The average Bonchev–Trinajstić information content (AvgIpc) is 3.23. The molecule has 0 bridgehead atoms. The first-order chi connectivity index (χ1) is 10.8. The van der Waals surface area contributed by atoms with Crippen LogP contribution >= 0.6 is 0 Å². The quantitative estimate of drug-likeness (QED) is 0.887. The highest BCUT2D eigenvalue weighted by Crippen LogP contribution is 2.26. The van der Waals surface area contributed by atoms with Gasteiger partial charge in [0.2, 0.25) is 5.88 Å². The Morgan fingerprint density at radius 2 is 2.45 bits per heavy atom. The second kappa shape index (κ2) is 6.52. The first-order valence-corrected chi connectivity index (χ1v) is 6.99. The summed E-state index contributed by atoms with van der Waals surface area (Å²) in [6.07, 6.45) is 3.29. The van der Waals surface area contributed by atoms with E-state index >= 15 is 0 Å². The molecule has 3 rings (SSSR count). The molecular formula is C14H16N4O4. The van der Waals surface area contributed by atoms with E-state index < -0.39 is 0 Å². The monoisotopic (exact) mass is 304 g/mol. The number of pyridine rings is 1. The maximum atomic E-state index is 12.1. The molecule has 8 heteroatoms. The lowest BCUT2D eigenvalue weighted by Gasteiger charge is -2.06. The molecular weight excluding hydrogens is 288 g/mol. The van der Waals surface area contributed by atoms with E-state index in [4.69, 9.17) is 14.0 Å². The van der Waals surface area contributed by atoms with E-state index in [1.54, 1.807) is 18.3 Å². The molecule has 0 radical (unpaired) electrons. The number of nitrogens with one attached hydrogen (secondary N) is 1. The zero-order chi connectivity index (χ0) is 15.4. The normalized spacial score (nSPS) is 17.4. The molecule has 1 N–H and O–H groups in total. The van der Waals surface area contributed by atoms with Crippen LogP contribution in [0.5, 0.6) is 5.88 Å². The van der Waals surface area contributed by atoms with Gasteiger partial charge in [0.05, 0.1) is 13.7 Å². The van der Waals surface area contributed by atoms with Crippen molar-refractivity contribution in [2.75, 3.05) is 13.7 Å². The number of hydrogen-bond acceptors (Lipinski definition) is 7. The van der Waals surface area contributed by atoms with Crippen LogP contribution in [0.25, 0.3) is 0 Å². The highest BCUT2D eigenvalue weighted by Gasteiger charge is 2.24. The maximum absolute atomic E-state index is 12.1. The van der Waals surface area contributed by atoms with Gasteiger partial charge in [-0.1, -0.05) is 5.16 Å². The molecule has 1 unspecified atom stereocenters. The Morgan fingerprint density at radius 1 is 1.55 bits per heavy atom. The molecule has 0 aromatic carbocycles. The summed E-state index contributed by atoms with van der Waals surface area (Å²) in [4.78, 5) is 20.3. The van der Waals surface area contributed by atoms with E-state index in [1.807, 2.05) is 0 Å². The van der Waals surface area contributed by atoms with Crippen LogP contribution in [0.2, 0.25) is 0 Å². The van der Waals surface area contributed by atoms with Gasteiger partial charge < -0.3 is 19.3 Å². The second-order valence-corrected chi connectivity index (χ2v) is 4.79. The molecule has 2 aromatic heterocycles. The summed E-state index contributed by atoms with van der Waals surface area (Å²) >= 11 is 0. The number of carbonyl (C=O) groups excluding carboxylic acids is 1. The minimum absolute atomic E-state index is 0.129. The van der Waals surface area contributed by atoms with Crippen LogP contribution in [0.1, 0.15) is 41.0 Å². The highest BCUT2D eigenvalue weighted by atomic mass is 16.5. The Kier molecular flexibility index (Phi) is 4.29. The van der Waals surface area contributed by atoms with Gasteiger partial charge in [-0.25, -0.2) is 4.98 Å². The molecule has 2 aromatic rings. The summed E-state index contributed by atoms with van der Waals surface area (Å²) in [5, 5.41) is 6.55. The van der Waals surface area contributed by atoms with Crippen molar-refractivity contribution in [2.24, 2.45) is 0 Å². The van der Waals surface area contributed by atoms with Crippen LogP contribution in [0.3, 0.4) is 0 Å². The minimum atomic E-state index is -0.312. The predicted molar refractivity (Wildman–Crippen MR) is 74.2 cm³/mol. The number of carbonyl (C=O) groups is 1. The van der Waals surface area contributed by atoms with Gasteiger partial charge >= 0.3 is 0 Å². The van der Waals surface area contributed by atoms with Gasteiger partial charge in [-0.2, -0.15) is 4.98 Å². The van der Waals surface area contributed by atoms with Crippen LogP contribution in [-0.2, 0) is 11.3 Å². The van der Waals surface area contributed by atoms with Crippen molar-refractivity contribution < 1.29 is 18.8 Å². The van der Waals surface area contributed by atoms with Crippen molar-refractivity contribution in [3.8, 4) is 5.88 Å². The number of nitrogens with zero attached hydrogens (tertiary/aromatic N) is 3. The Hall–Kier alpha value is -2.48. The molecule has 1 fully saturated rings. The van der Waals surface area contributed by atoms with Gasteiger partial charge in [-0.3, -0.25) is 4.79 Å². The fourth-order valence-corrected chi connectivity index (χ4v) is 2.22. The molecule has 0 aliphatic carbocycles. The third-order valence-electron chi connectivity index (χ3n) is 3.31. The molecule has 0 saturated carbocycles. The van der Waals surface area contributed by atoms with E-state index in [1.165, 1.54) is 7.11 Å². The molecule has 3 heterocycles. The minimum Gasteiger partial charge on any atom is -0.480 e. The van der Waals surface area contributed by atoms with E-state index in [-0.39, 0.29) is 24.4 Å². The maximum Gasteiger partial charge on any atom is 0.257 e. The van der Waals surface area contributed by atoms with Gasteiger partial charge in [0, 0.05) is 12.8 Å². The lowest BCUT2D eigenvalue weighted by molar-refractivity contribution is 0.0835. The van der Waals surface area contributed by atoms with Gasteiger partial charge in [0.25, 0.3) is 11.8 Å². The van der Waals surface area contributed by atoms with Crippen LogP contribution in [0.15, 0.2) is 22.9 Å². The molecule has 0 spiro atoms. The molecule has 1 aliphatic heterocycles. The summed E-state index contributed by atoms with van der Waals surface area (Å²) < 4.78 is 15.7. The standard InChI is InChI=1S/C14H16N4O4/c1-20-13-9(4-2-6-15-13)12(19)16-8-11-17-14(22-18-11)10-5-3-7-21-10/h2,4,6,10H,3,5,7-8H2,1H3,(H,16,19). The van der Waals surface area contributed by atoms with Gasteiger partial charge in [0.1, 0.15) is 11.7 Å². The third-order valence-corrected chi connectivity index (χ3v) is 3.31. The molecule has 1 saturated heterocycles. The molecule has 22 heavy (non-hydrogen) atoms. The Bertz CT molecular complexity index is 652. The molecule has 1 aliphatic rings. The predicted octanol–water partition coefficient (Wildman–Crippen LogP) is 1.25. The number of aromatic nitrogens is 3. The SMILES string of the molecule is COc1ncccc1C(=O)NCc1noc(C2CCCO2)n1. The van der Waals surface area contributed by atoms with Crippen molar-refractivity contribution in [3.05, 3.63) is 35.6 Å². The molecule has 8 nitrogen and oxygen atoms in total. The topological polar surface area (TPSA) is 99.4 Å². The first kappa shape index (κ1) is 14.5. The van der Waals surface area contributed by atoms with Crippen molar-refractivity contribution in [2.45, 2.75) is 25.5 Å². The van der Waals surface area contributed by atoms with Gasteiger partial charge in [0.15, 0.2) is 5.82 Å². The van der Waals surface area contributed by atoms with Crippen molar-refractivity contribution in [3.63, 3.8) is 0 Å². The van der Waals surface area contributed by atoms with Crippen LogP contribution in [0, 0.1) is 0 Å². The highest BCUT2D eigenvalue weighted by molar-refractivity contribution is 5.96. The fraction of sp³-hybridized carbons (Fsp3) is 0.429. The number of ether oxygens (including phenoxy) is 2. The van der Waals surface area contributed by atoms with Crippen molar-refractivity contribution >= 4 is 5.91 Å². The zero-order valence-electron chi connectivity index (χ0n) is 12.1. The van der Waals surface area contributed by atoms with Crippen LogP contribution in [-0.4, -0.2) is 34.7 Å². The summed E-state index contributed by atoms with van der Waals surface area (Å²) in [6, 6.07) is 3.30. The van der Waals surface area contributed by atoms with Crippen LogP contribution in [0.4, 0.5) is 0 Å². The van der Waals surface area contributed by atoms with E-state index in [0.29, 0.717) is 23.9 Å². The molecule has 116 valence electrons. The Balaban J connectivity index is 1.61.